The first-order valence-electron chi connectivity index (χ1n) is 9.45. The van der Waals surface area contributed by atoms with Crippen LogP contribution in [-0.4, -0.2) is 9.55 Å². The van der Waals surface area contributed by atoms with Crippen LogP contribution in [0.4, 0.5) is 0 Å². The summed E-state index contributed by atoms with van der Waals surface area (Å²) < 4.78 is 2.30. The number of fused-ring (bicyclic) bond motifs is 2. The Hall–Kier alpha value is -2.65. The molecule has 0 bridgehead atoms. The smallest absolute Gasteiger partial charge is 0.127 e. The van der Waals surface area contributed by atoms with Gasteiger partial charge in [-0.25, -0.2) is 4.98 Å². The highest BCUT2D eigenvalue weighted by Gasteiger charge is 2.17. The van der Waals surface area contributed by atoms with E-state index in [1.807, 2.05) is 6.07 Å². The van der Waals surface area contributed by atoms with Gasteiger partial charge < -0.3 is 10.3 Å². The number of hydrogen-bond acceptors (Lipinski definition) is 2. The molecule has 1 aromatic heterocycles. The molecule has 0 spiro atoms. The van der Waals surface area contributed by atoms with Crippen LogP contribution in [0, 0.1) is 0 Å². The summed E-state index contributed by atoms with van der Waals surface area (Å²) in [6.45, 7) is 2.99. The zero-order valence-corrected chi connectivity index (χ0v) is 15.2. The predicted octanol–water partition coefficient (Wildman–Crippen LogP) is 5.43. The zero-order valence-electron chi connectivity index (χ0n) is 15.2. The number of unbranched alkanes of at least 4 members (excludes halogenated alkanes) is 1. The molecule has 3 heteroatoms. The van der Waals surface area contributed by atoms with E-state index in [4.69, 9.17) is 10.7 Å². The van der Waals surface area contributed by atoms with E-state index in [1.54, 1.807) is 0 Å². The highest BCUT2D eigenvalue weighted by Crippen LogP contribution is 2.26. The number of benzene rings is 3. The van der Waals surface area contributed by atoms with Crippen LogP contribution in [0.15, 0.2) is 66.7 Å². The minimum absolute atomic E-state index is 0.0303. The molecule has 2 N–H and O–H groups in total. The summed E-state index contributed by atoms with van der Waals surface area (Å²) >= 11 is 0. The van der Waals surface area contributed by atoms with Crippen LogP contribution in [0.1, 0.15) is 43.6 Å². The lowest BCUT2D eigenvalue weighted by molar-refractivity contribution is 0.552. The van der Waals surface area contributed by atoms with Gasteiger partial charge in [-0.3, -0.25) is 0 Å². The minimum Gasteiger partial charge on any atom is -0.322 e. The summed E-state index contributed by atoms with van der Waals surface area (Å²) in [6, 6.07) is 23.4. The van der Waals surface area contributed by atoms with Crippen LogP contribution >= 0.6 is 0 Å². The summed E-state index contributed by atoms with van der Waals surface area (Å²) in [5.41, 5.74) is 10.0. The van der Waals surface area contributed by atoms with E-state index in [0.717, 1.165) is 42.7 Å². The number of para-hydroxylation sites is 2. The maximum atomic E-state index is 6.53. The molecule has 26 heavy (non-hydrogen) atoms. The van der Waals surface area contributed by atoms with Gasteiger partial charge in [0.1, 0.15) is 5.82 Å². The zero-order chi connectivity index (χ0) is 17.9. The topological polar surface area (TPSA) is 43.8 Å². The Balaban J connectivity index is 1.81. The number of imidazole rings is 1. The molecule has 4 rings (SSSR count). The van der Waals surface area contributed by atoms with Gasteiger partial charge in [-0.2, -0.15) is 0 Å². The Morgan fingerprint density at radius 2 is 1.73 bits per heavy atom. The van der Waals surface area contributed by atoms with Gasteiger partial charge in [-0.1, -0.05) is 74.4 Å². The lowest BCUT2D eigenvalue weighted by Crippen LogP contribution is -2.17. The average molecular weight is 343 g/mol. The fourth-order valence-electron chi connectivity index (χ4n) is 3.70. The average Bonchev–Trinajstić information content (AvgIpc) is 3.05. The largest absolute Gasteiger partial charge is 0.322 e. The molecule has 0 aliphatic carbocycles. The van der Waals surface area contributed by atoms with Crippen molar-refractivity contribution in [2.45, 2.75) is 38.8 Å². The number of rotatable bonds is 6. The van der Waals surface area contributed by atoms with Crippen molar-refractivity contribution in [3.05, 3.63) is 78.1 Å². The predicted molar refractivity (Wildman–Crippen MR) is 109 cm³/mol. The third kappa shape index (κ3) is 3.11. The molecular weight excluding hydrogens is 318 g/mol. The Kier molecular flexibility index (Phi) is 4.72. The summed E-state index contributed by atoms with van der Waals surface area (Å²) in [4.78, 5) is 4.88. The van der Waals surface area contributed by atoms with E-state index in [9.17, 15) is 0 Å². The first-order chi connectivity index (χ1) is 12.8. The first kappa shape index (κ1) is 16.8. The van der Waals surface area contributed by atoms with Gasteiger partial charge in [0.05, 0.1) is 23.6 Å². The highest BCUT2D eigenvalue weighted by molar-refractivity contribution is 5.86. The summed E-state index contributed by atoms with van der Waals surface area (Å²) in [6.07, 6.45) is 3.24. The lowest BCUT2D eigenvalue weighted by atomic mass is 10.0. The molecule has 3 nitrogen and oxygen atoms in total. The SMILES string of the molecule is CCCCC(N)c1nc2ccccc2n1Cc1cccc2ccccc12. The van der Waals surface area contributed by atoms with Crippen LogP contribution in [-0.2, 0) is 6.54 Å². The standard InChI is InChI=1S/C23H25N3/c1-2-3-13-20(24)23-25-21-14-6-7-15-22(21)26(23)16-18-11-8-10-17-9-4-5-12-19(17)18/h4-12,14-15,20H,2-3,13,16,24H2,1H3. The van der Waals surface area contributed by atoms with E-state index < -0.39 is 0 Å². The van der Waals surface area contributed by atoms with Crippen molar-refractivity contribution >= 4 is 21.8 Å². The second-order valence-corrected chi connectivity index (χ2v) is 6.93. The van der Waals surface area contributed by atoms with Gasteiger partial charge in [-0.05, 0) is 34.9 Å². The Labute approximate surface area is 154 Å². The number of aromatic nitrogens is 2. The van der Waals surface area contributed by atoms with Gasteiger partial charge in [0.15, 0.2) is 0 Å². The van der Waals surface area contributed by atoms with Crippen LogP contribution in [0.5, 0.6) is 0 Å². The Morgan fingerprint density at radius 3 is 2.62 bits per heavy atom. The molecule has 1 unspecified atom stereocenters. The fraction of sp³-hybridized carbons (Fsp3) is 0.261. The normalized spacial score (nSPS) is 12.7. The first-order valence-corrected chi connectivity index (χ1v) is 9.45. The van der Waals surface area contributed by atoms with Crippen LogP contribution in [0.3, 0.4) is 0 Å². The number of nitrogens with zero attached hydrogens (tertiary/aromatic N) is 2. The quantitative estimate of drug-likeness (QED) is 0.507. The molecule has 0 aliphatic rings. The molecule has 0 saturated carbocycles. The van der Waals surface area contributed by atoms with Crippen molar-refractivity contribution in [2.75, 3.05) is 0 Å². The van der Waals surface area contributed by atoms with Crippen molar-refractivity contribution in [3.8, 4) is 0 Å². The maximum absolute atomic E-state index is 6.53. The molecule has 0 radical (unpaired) electrons. The molecule has 0 saturated heterocycles. The lowest BCUT2D eigenvalue weighted by Gasteiger charge is -2.16. The van der Waals surface area contributed by atoms with Gasteiger partial charge in [-0.15, -0.1) is 0 Å². The van der Waals surface area contributed by atoms with Crippen molar-refractivity contribution in [3.63, 3.8) is 0 Å². The third-order valence-electron chi connectivity index (χ3n) is 5.09. The van der Waals surface area contributed by atoms with Crippen LogP contribution in [0.2, 0.25) is 0 Å². The molecule has 1 heterocycles. The Bertz CT molecular complexity index is 1030. The van der Waals surface area contributed by atoms with Crippen molar-refractivity contribution in [1.29, 1.82) is 0 Å². The van der Waals surface area contributed by atoms with E-state index in [-0.39, 0.29) is 6.04 Å². The second-order valence-electron chi connectivity index (χ2n) is 6.93. The van der Waals surface area contributed by atoms with Crippen molar-refractivity contribution < 1.29 is 0 Å². The fourth-order valence-corrected chi connectivity index (χ4v) is 3.70. The van der Waals surface area contributed by atoms with E-state index in [0.29, 0.717) is 0 Å². The van der Waals surface area contributed by atoms with Crippen LogP contribution in [0.25, 0.3) is 21.8 Å². The van der Waals surface area contributed by atoms with Gasteiger partial charge in [0, 0.05) is 0 Å². The molecular formula is C23H25N3. The van der Waals surface area contributed by atoms with Gasteiger partial charge in [0.25, 0.3) is 0 Å². The summed E-state index contributed by atoms with van der Waals surface area (Å²) in [5.74, 6) is 0.993. The third-order valence-corrected chi connectivity index (χ3v) is 5.09. The number of hydrogen-bond donors (Lipinski definition) is 1. The molecule has 3 aromatic carbocycles. The monoisotopic (exact) mass is 343 g/mol. The minimum atomic E-state index is -0.0303. The molecule has 1 atom stereocenters. The summed E-state index contributed by atoms with van der Waals surface area (Å²) in [7, 11) is 0. The van der Waals surface area contributed by atoms with Gasteiger partial charge in [0.2, 0.25) is 0 Å². The van der Waals surface area contributed by atoms with Crippen molar-refractivity contribution in [1.82, 2.24) is 9.55 Å². The van der Waals surface area contributed by atoms with Gasteiger partial charge >= 0.3 is 0 Å². The maximum Gasteiger partial charge on any atom is 0.127 e. The molecule has 0 aliphatic heterocycles. The van der Waals surface area contributed by atoms with Crippen LogP contribution < -0.4 is 5.73 Å². The van der Waals surface area contributed by atoms with Crippen molar-refractivity contribution in [2.24, 2.45) is 5.73 Å². The number of nitrogens with two attached hydrogens (primary N) is 1. The second kappa shape index (κ2) is 7.30. The van der Waals surface area contributed by atoms with E-state index in [2.05, 4.69) is 72.2 Å². The highest BCUT2D eigenvalue weighted by atomic mass is 15.1. The summed E-state index contributed by atoms with van der Waals surface area (Å²) in [5, 5.41) is 2.56. The molecule has 4 aromatic rings. The molecule has 0 fully saturated rings. The van der Waals surface area contributed by atoms with E-state index >= 15 is 0 Å². The molecule has 0 amide bonds. The molecule has 132 valence electrons. The van der Waals surface area contributed by atoms with E-state index in [1.165, 1.54) is 16.3 Å². The Morgan fingerprint density at radius 1 is 0.962 bits per heavy atom.